The van der Waals surface area contributed by atoms with Crippen molar-refractivity contribution in [2.24, 2.45) is 0 Å². The van der Waals surface area contributed by atoms with E-state index in [1.807, 2.05) is 19.1 Å². The Morgan fingerprint density at radius 2 is 2.10 bits per heavy atom. The monoisotopic (exact) mass is 295 g/mol. The zero-order valence-corrected chi connectivity index (χ0v) is 12.8. The second kappa shape index (κ2) is 7.07. The van der Waals surface area contributed by atoms with E-state index in [1.165, 1.54) is 0 Å². The Kier molecular flexibility index (Phi) is 5.40. The molecule has 1 aromatic carbocycles. The van der Waals surface area contributed by atoms with Crippen molar-refractivity contribution in [2.45, 2.75) is 25.8 Å². The number of halogens is 1. The van der Waals surface area contributed by atoms with Gasteiger partial charge in [-0.1, -0.05) is 17.7 Å². The van der Waals surface area contributed by atoms with Crippen LogP contribution < -0.4 is 10.6 Å². The summed E-state index contributed by atoms with van der Waals surface area (Å²) >= 11 is 5.94. The van der Waals surface area contributed by atoms with E-state index in [0.29, 0.717) is 17.6 Å². The molecule has 0 saturated carbocycles. The van der Waals surface area contributed by atoms with Crippen LogP contribution in [-0.4, -0.2) is 43.5 Å². The molecule has 0 aliphatic carbocycles. The minimum atomic E-state index is -0.0192. The van der Waals surface area contributed by atoms with Crippen LogP contribution in [0.2, 0.25) is 5.02 Å². The summed E-state index contributed by atoms with van der Waals surface area (Å²) in [6, 6.07) is 5.95. The van der Waals surface area contributed by atoms with Gasteiger partial charge in [0, 0.05) is 16.8 Å². The van der Waals surface area contributed by atoms with Crippen LogP contribution in [0.4, 0.5) is 5.69 Å². The molecule has 4 nitrogen and oxygen atoms in total. The number of hydrogen-bond acceptors (Lipinski definition) is 3. The van der Waals surface area contributed by atoms with E-state index in [1.54, 1.807) is 6.07 Å². The smallest absolute Gasteiger partial charge is 0.238 e. The third-order valence-corrected chi connectivity index (χ3v) is 3.98. The molecule has 0 bridgehead atoms. The Hall–Kier alpha value is -1.10. The molecule has 1 aliphatic heterocycles. The normalized spacial score (nSPS) is 17.1. The Morgan fingerprint density at radius 1 is 1.40 bits per heavy atom. The Labute approximate surface area is 125 Å². The molecule has 1 heterocycles. The lowest BCUT2D eigenvalue weighted by molar-refractivity contribution is -0.115. The SMILES string of the molecule is Cc1ccc(Cl)cc1NC(=O)CNC1CCN(C)CC1. The van der Waals surface area contributed by atoms with Crippen LogP contribution in [0, 0.1) is 6.92 Å². The molecule has 5 heteroatoms. The van der Waals surface area contributed by atoms with Gasteiger partial charge in [-0.25, -0.2) is 0 Å². The molecule has 0 aromatic heterocycles. The van der Waals surface area contributed by atoms with Crippen molar-refractivity contribution < 1.29 is 4.79 Å². The number of rotatable bonds is 4. The van der Waals surface area contributed by atoms with Crippen LogP contribution in [-0.2, 0) is 4.79 Å². The van der Waals surface area contributed by atoms with Gasteiger partial charge < -0.3 is 15.5 Å². The third kappa shape index (κ3) is 4.47. The van der Waals surface area contributed by atoms with E-state index in [4.69, 9.17) is 11.6 Å². The number of nitrogens with one attached hydrogen (secondary N) is 2. The lowest BCUT2D eigenvalue weighted by Crippen LogP contribution is -2.43. The Bertz CT molecular complexity index is 470. The molecule has 1 saturated heterocycles. The van der Waals surface area contributed by atoms with E-state index in [-0.39, 0.29) is 5.91 Å². The average Bonchev–Trinajstić information content (AvgIpc) is 2.42. The number of carbonyl (C=O) groups is 1. The predicted molar refractivity (Wildman–Crippen MR) is 83.3 cm³/mol. The van der Waals surface area contributed by atoms with E-state index in [9.17, 15) is 4.79 Å². The van der Waals surface area contributed by atoms with Crippen LogP contribution in [0.15, 0.2) is 18.2 Å². The van der Waals surface area contributed by atoms with Crippen molar-refractivity contribution in [1.82, 2.24) is 10.2 Å². The first-order valence-electron chi connectivity index (χ1n) is 7.02. The highest BCUT2D eigenvalue weighted by Crippen LogP contribution is 2.19. The highest BCUT2D eigenvalue weighted by atomic mass is 35.5. The minimum absolute atomic E-state index is 0.0192. The number of benzene rings is 1. The van der Waals surface area contributed by atoms with Gasteiger partial charge in [-0.15, -0.1) is 0 Å². The molecular weight excluding hydrogens is 274 g/mol. The molecule has 0 unspecified atom stereocenters. The molecule has 1 fully saturated rings. The van der Waals surface area contributed by atoms with Gasteiger partial charge in [0.2, 0.25) is 5.91 Å². The number of nitrogens with zero attached hydrogens (tertiary/aromatic N) is 1. The van der Waals surface area contributed by atoms with Gasteiger partial charge in [0.05, 0.1) is 6.54 Å². The lowest BCUT2D eigenvalue weighted by Gasteiger charge is -2.29. The molecule has 110 valence electrons. The van der Waals surface area contributed by atoms with Crippen LogP contribution in [0.5, 0.6) is 0 Å². The van der Waals surface area contributed by atoms with Gasteiger partial charge in [0.25, 0.3) is 0 Å². The van der Waals surface area contributed by atoms with Crippen molar-refractivity contribution in [3.05, 3.63) is 28.8 Å². The highest BCUT2D eigenvalue weighted by Gasteiger charge is 2.17. The molecule has 0 radical (unpaired) electrons. The number of carbonyl (C=O) groups excluding carboxylic acids is 1. The largest absolute Gasteiger partial charge is 0.325 e. The van der Waals surface area contributed by atoms with Crippen molar-refractivity contribution in [2.75, 3.05) is 32.0 Å². The van der Waals surface area contributed by atoms with Crippen molar-refractivity contribution in [3.8, 4) is 0 Å². The van der Waals surface area contributed by atoms with Gasteiger partial charge in [0.1, 0.15) is 0 Å². The maximum atomic E-state index is 12.0. The number of aryl methyl sites for hydroxylation is 1. The van der Waals surface area contributed by atoms with Gasteiger partial charge in [-0.05, 0) is 57.6 Å². The fourth-order valence-electron chi connectivity index (χ4n) is 2.37. The summed E-state index contributed by atoms with van der Waals surface area (Å²) in [5.74, 6) is -0.0192. The van der Waals surface area contributed by atoms with Crippen LogP contribution >= 0.6 is 11.6 Å². The number of piperidine rings is 1. The highest BCUT2D eigenvalue weighted by molar-refractivity contribution is 6.31. The molecule has 0 spiro atoms. The summed E-state index contributed by atoms with van der Waals surface area (Å²) < 4.78 is 0. The standard InChI is InChI=1S/C15H22ClN3O/c1-11-3-4-12(16)9-14(11)18-15(20)10-17-13-5-7-19(2)8-6-13/h3-4,9,13,17H,5-8,10H2,1-2H3,(H,18,20). The number of hydrogen-bond donors (Lipinski definition) is 2. The summed E-state index contributed by atoms with van der Waals surface area (Å²) in [6.07, 6.45) is 2.19. The van der Waals surface area contributed by atoms with E-state index in [0.717, 1.165) is 37.2 Å². The Balaban J connectivity index is 1.79. The van der Waals surface area contributed by atoms with Crippen molar-refractivity contribution >= 4 is 23.2 Å². The molecule has 20 heavy (non-hydrogen) atoms. The van der Waals surface area contributed by atoms with Gasteiger partial charge >= 0.3 is 0 Å². The maximum Gasteiger partial charge on any atom is 0.238 e. The van der Waals surface area contributed by atoms with E-state index >= 15 is 0 Å². The zero-order chi connectivity index (χ0) is 14.5. The molecule has 2 rings (SSSR count). The molecule has 2 N–H and O–H groups in total. The first-order valence-corrected chi connectivity index (χ1v) is 7.40. The topological polar surface area (TPSA) is 44.4 Å². The van der Waals surface area contributed by atoms with Crippen molar-refractivity contribution in [1.29, 1.82) is 0 Å². The molecular formula is C15H22ClN3O. The summed E-state index contributed by atoms with van der Waals surface area (Å²) in [5, 5.41) is 6.86. The first-order chi connectivity index (χ1) is 9.54. The first kappa shape index (κ1) is 15.3. The second-order valence-electron chi connectivity index (χ2n) is 5.47. The maximum absolute atomic E-state index is 12.0. The van der Waals surface area contributed by atoms with Gasteiger partial charge in [-0.2, -0.15) is 0 Å². The third-order valence-electron chi connectivity index (χ3n) is 3.74. The fourth-order valence-corrected chi connectivity index (χ4v) is 2.55. The summed E-state index contributed by atoms with van der Waals surface area (Å²) in [4.78, 5) is 14.3. The predicted octanol–water partition coefficient (Wildman–Crippen LogP) is 2.27. The quantitative estimate of drug-likeness (QED) is 0.896. The lowest BCUT2D eigenvalue weighted by atomic mass is 10.1. The molecule has 1 amide bonds. The van der Waals surface area contributed by atoms with Crippen LogP contribution in [0.3, 0.4) is 0 Å². The number of anilines is 1. The Morgan fingerprint density at radius 3 is 2.80 bits per heavy atom. The molecule has 0 atom stereocenters. The second-order valence-corrected chi connectivity index (χ2v) is 5.90. The van der Waals surface area contributed by atoms with Crippen LogP contribution in [0.1, 0.15) is 18.4 Å². The minimum Gasteiger partial charge on any atom is -0.325 e. The van der Waals surface area contributed by atoms with Crippen LogP contribution in [0.25, 0.3) is 0 Å². The fraction of sp³-hybridized carbons (Fsp3) is 0.533. The average molecular weight is 296 g/mol. The number of amides is 1. The molecule has 1 aliphatic rings. The van der Waals surface area contributed by atoms with E-state index < -0.39 is 0 Å². The number of likely N-dealkylation sites (tertiary alicyclic amines) is 1. The van der Waals surface area contributed by atoms with Gasteiger partial charge in [-0.3, -0.25) is 4.79 Å². The summed E-state index contributed by atoms with van der Waals surface area (Å²) in [7, 11) is 2.13. The summed E-state index contributed by atoms with van der Waals surface area (Å²) in [6.45, 7) is 4.48. The zero-order valence-electron chi connectivity index (χ0n) is 12.1. The summed E-state index contributed by atoms with van der Waals surface area (Å²) in [5.41, 5.74) is 1.80. The van der Waals surface area contributed by atoms with Gasteiger partial charge in [0.15, 0.2) is 0 Å². The molecule has 1 aromatic rings. The van der Waals surface area contributed by atoms with E-state index in [2.05, 4.69) is 22.6 Å². The van der Waals surface area contributed by atoms with Crippen molar-refractivity contribution in [3.63, 3.8) is 0 Å².